The Kier molecular flexibility index (Phi) is 7.55. The minimum atomic E-state index is -0.0161. The number of nitrogens with two attached hydrogens (primary N) is 1. The zero-order valence-corrected chi connectivity index (χ0v) is 9.39. The minimum absolute atomic E-state index is 0.0133. The Morgan fingerprint density at radius 2 is 2.07 bits per heavy atom. The average molecular weight is 219 g/mol. The molecule has 0 saturated heterocycles. The molecule has 0 atom stereocenters. The zero-order chi connectivity index (χ0) is 11.0. The molecule has 4 nitrogen and oxygen atoms in total. The highest BCUT2D eigenvalue weighted by Crippen LogP contribution is 2.11. The van der Waals surface area contributed by atoms with Crippen LogP contribution < -0.4 is 5.73 Å². The molecule has 0 saturated carbocycles. The van der Waals surface area contributed by atoms with Gasteiger partial charge in [-0.15, -0.1) is 0 Å². The third-order valence-electron chi connectivity index (χ3n) is 1.59. The number of thioether (sulfide) groups is 1. The van der Waals surface area contributed by atoms with Crippen LogP contribution in [-0.4, -0.2) is 35.8 Å². The van der Waals surface area contributed by atoms with Crippen LogP contribution in [0, 0.1) is 0 Å². The lowest BCUT2D eigenvalue weighted by atomic mass is 10.3. The van der Waals surface area contributed by atoms with Crippen molar-refractivity contribution in [1.82, 2.24) is 0 Å². The van der Waals surface area contributed by atoms with E-state index < -0.39 is 0 Å². The van der Waals surface area contributed by atoms with E-state index in [9.17, 15) is 4.79 Å². The first kappa shape index (κ1) is 13.5. The summed E-state index contributed by atoms with van der Waals surface area (Å²) in [5, 5.41) is 8.40. The number of allylic oxidation sites excluding steroid dienone is 1. The number of aliphatic hydroxyl groups is 1. The SMILES string of the molecule is C/C(N)=C(/C)C(=O)SCCOCCO. The molecular formula is C9H17NO3S. The second kappa shape index (κ2) is 7.84. The summed E-state index contributed by atoms with van der Waals surface area (Å²) in [4.78, 5) is 11.3. The summed E-state index contributed by atoms with van der Waals surface area (Å²) in [5.41, 5.74) is 6.62. The molecule has 0 bridgehead atoms. The summed E-state index contributed by atoms with van der Waals surface area (Å²) >= 11 is 1.18. The molecule has 0 aliphatic heterocycles. The lowest BCUT2D eigenvalue weighted by Gasteiger charge is -2.03. The Morgan fingerprint density at radius 3 is 2.57 bits per heavy atom. The molecule has 3 N–H and O–H groups in total. The van der Waals surface area contributed by atoms with Crippen molar-refractivity contribution >= 4 is 16.9 Å². The van der Waals surface area contributed by atoms with Gasteiger partial charge in [-0.05, 0) is 13.8 Å². The molecule has 0 aliphatic carbocycles. The van der Waals surface area contributed by atoms with Crippen molar-refractivity contribution in [3.05, 3.63) is 11.3 Å². The van der Waals surface area contributed by atoms with Gasteiger partial charge in [-0.2, -0.15) is 0 Å². The van der Waals surface area contributed by atoms with E-state index in [-0.39, 0.29) is 11.7 Å². The number of carbonyl (C=O) groups is 1. The largest absolute Gasteiger partial charge is 0.402 e. The van der Waals surface area contributed by atoms with E-state index in [1.807, 2.05) is 0 Å². The predicted molar refractivity (Wildman–Crippen MR) is 57.9 cm³/mol. The Labute approximate surface area is 88.5 Å². The van der Waals surface area contributed by atoms with E-state index in [1.54, 1.807) is 13.8 Å². The monoisotopic (exact) mass is 219 g/mol. The third-order valence-corrected chi connectivity index (χ3v) is 2.53. The quantitative estimate of drug-likeness (QED) is 0.503. The van der Waals surface area contributed by atoms with Gasteiger partial charge in [0.15, 0.2) is 0 Å². The van der Waals surface area contributed by atoms with Gasteiger partial charge in [0.25, 0.3) is 0 Å². The van der Waals surface area contributed by atoms with Gasteiger partial charge in [0.2, 0.25) is 5.12 Å². The highest BCUT2D eigenvalue weighted by atomic mass is 32.2. The number of hydrogen-bond acceptors (Lipinski definition) is 5. The number of aliphatic hydroxyl groups excluding tert-OH is 1. The number of hydrogen-bond donors (Lipinski definition) is 2. The maximum atomic E-state index is 11.3. The summed E-state index contributed by atoms with van der Waals surface area (Å²) in [7, 11) is 0. The molecule has 0 aliphatic rings. The summed E-state index contributed by atoms with van der Waals surface area (Å²) < 4.78 is 5.00. The summed E-state index contributed by atoms with van der Waals surface area (Å²) in [6.45, 7) is 4.21. The van der Waals surface area contributed by atoms with Crippen LogP contribution in [0.4, 0.5) is 0 Å². The first-order valence-electron chi connectivity index (χ1n) is 4.38. The van der Waals surface area contributed by atoms with E-state index in [1.165, 1.54) is 11.8 Å². The first-order chi connectivity index (χ1) is 6.59. The van der Waals surface area contributed by atoms with Crippen molar-refractivity contribution < 1.29 is 14.6 Å². The van der Waals surface area contributed by atoms with Crippen LogP contribution in [0.2, 0.25) is 0 Å². The number of ether oxygens (including phenoxy) is 1. The van der Waals surface area contributed by atoms with Crippen molar-refractivity contribution in [2.24, 2.45) is 5.73 Å². The van der Waals surface area contributed by atoms with Crippen molar-refractivity contribution in [1.29, 1.82) is 0 Å². The van der Waals surface area contributed by atoms with Gasteiger partial charge < -0.3 is 15.6 Å². The second-order valence-corrected chi connectivity index (χ2v) is 3.85. The summed E-state index contributed by atoms with van der Waals surface area (Å²) in [6, 6.07) is 0. The number of rotatable bonds is 6. The van der Waals surface area contributed by atoms with Gasteiger partial charge in [0, 0.05) is 17.0 Å². The predicted octanol–water partition coefficient (Wildman–Crippen LogP) is 0.508. The van der Waals surface area contributed by atoms with Crippen LogP contribution in [-0.2, 0) is 9.53 Å². The molecule has 0 spiro atoms. The smallest absolute Gasteiger partial charge is 0.216 e. The van der Waals surface area contributed by atoms with Crippen molar-refractivity contribution in [2.75, 3.05) is 25.6 Å². The Bertz CT molecular complexity index is 212. The van der Waals surface area contributed by atoms with E-state index in [0.717, 1.165) is 0 Å². The fraction of sp³-hybridized carbons (Fsp3) is 0.667. The lowest BCUT2D eigenvalue weighted by molar-refractivity contribution is -0.107. The van der Waals surface area contributed by atoms with Crippen LogP contribution in [0.3, 0.4) is 0 Å². The van der Waals surface area contributed by atoms with Gasteiger partial charge in [0.1, 0.15) is 0 Å². The van der Waals surface area contributed by atoms with E-state index in [0.29, 0.717) is 30.2 Å². The maximum absolute atomic E-state index is 11.3. The lowest BCUT2D eigenvalue weighted by Crippen LogP contribution is -2.07. The molecule has 0 aromatic carbocycles. The fourth-order valence-corrected chi connectivity index (χ4v) is 1.39. The standard InChI is InChI=1S/C9H17NO3S/c1-7(8(2)10)9(12)14-6-5-13-4-3-11/h11H,3-6,10H2,1-2H3/b8-7+. The average Bonchev–Trinajstić information content (AvgIpc) is 2.16. The Hall–Kier alpha value is -0.520. The molecule has 0 amide bonds. The molecule has 82 valence electrons. The Morgan fingerprint density at radius 1 is 1.43 bits per heavy atom. The van der Waals surface area contributed by atoms with Crippen molar-refractivity contribution in [3.63, 3.8) is 0 Å². The fourth-order valence-electron chi connectivity index (χ4n) is 0.629. The number of carbonyl (C=O) groups excluding carboxylic acids is 1. The van der Waals surface area contributed by atoms with E-state index in [2.05, 4.69) is 0 Å². The first-order valence-corrected chi connectivity index (χ1v) is 5.36. The molecule has 0 aromatic heterocycles. The maximum Gasteiger partial charge on any atom is 0.216 e. The molecule has 0 radical (unpaired) electrons. The zero-order valence-electron chi connectivity index (χ0n) is 8.58. The molecule has 0 unspecified atom stereocenters. The molecule has 0 rings (SSSR count). The molecule has 0 fully saturated rings. The Balaban J connectivity index is 3.60. The molecular weight excluding hydrogens is 202 g/mol. The van der Waals surface area contributed by atoms with Crippen LogP contribution >= 0.6 is 11.8 Å². The van der Waals surface area contributed by atoms with Crippen LogP contribution in [0.25, 0.3) is 0 Å². The minimum Gasteiger partial charge on any atom is -0.402 e. The highest BCUT2D eigenvalue weighted by molar-refractivity contribution is 8.14. The molecule has 14 heavy (non-hydrogen) atoms. The van der Waals surface area contributed by atoms with Crippen LogP contribution in [0.1, 0.15) is 13.8 Å². The summed E-state index contributed by atoms with van der Waals surface area (Å²) in [6.07, 6.45) is 0. The molecule has 0 heterocycles. The van der Waals surface area contributed by atoms with Gasteiger partial charge in [-0.1, -0.05) is 11.8 Å². The van der Waals surface area contributed by atoms with Gasteiger partial charge in [-0.3, -0.25) is 4.79 Å². The molecule has 0 aromatic rings. The van der Waals surface area contributed by atoms with Crippen LogP contribution in [0.5, 0.6) is 0 Å². The van der Waals surface area contributed by atoms with E-state index in [4.69, 9.17) is 15.6 Å². The van der Waals surface area contributed by atoms with Gasteiger partial charge in [-0.25, -0.2) is 0 Å². The van der Waals surface area contributed by atoms with E-state index >= 15 is 0 Å². The molecule has 5 heteroatoms. The topological polar surface area (TPSA) is 72.6 Å². The van der Waals surface area contributed by atoms with Crippen LogP contribution in [0.15, 0.2) is 11.3 Å². The van der Waals surface area contributed by atoms with Crippen molar-refractivity contribution in [3.8, 4) is 0 Å². The highest BCUT2D eigenvalue weighted by Gasteiger charge is 2.06. The second-order valence-electron chi connectivity index (χ2n) is 2.78. The summed E-state index contributed by atoms with van der Waals surface area (Å²) in [5.74, 6) is 0.587. The third kappa shape index (κ3) is 6.01. The van der Waals surface area contributed by atoms with Crippen molar-refractivity contribution in [2.45, 2.75) is 13.8 Å². The van der Waals surface area contributed by atoms with Gasteiger partial charge >= 0.3 is 0 Å². The van der Waals surface area contributed by atoms with Gasteiger partial charge in [0.05, 0.1) is 19.8 Å². The normalized spacial score (nSPS) is 12.5.